The van der Waals surface area contributed by atoms with Crippen molar-refractivity contribution in [3.8, 4) is 23.0 Å². The van der Waals surface area contributed by atoms with Gasteiger partial charge in [0.1, 0.15) is 0 Å². The third-order valence-corrected chi connectivity index (χ3v) is 5.96. The van der Waals surface area contributed by atoms with Crippen LogP contribution in [0.15, 0.2) is 40.9 Å². The molecule has 2 heterocycles. The molecule has 0 saturated carbocycles. The fraction of sp³-hybridized carbons (Fsp3) is 0.348. The number of carbonyl (C=O) groups is 1. The van der Waals surface area contributed by atoms with Gasteiger partial charge in [0.05, 0.1) is 14.2 Å². The molecule has 3 aromatic rings. The average molecular weight is 405 g/mol. The molecule has 5 rings (SSSR count). The highest BCUT2D eigenvalue weighted by Crippen LogP contribution is 2.35. The minimum absolute atomic E-state index is 0.0930. The summed E-state index contributed by atoms with van der Waals surface area (Å²) in [6.45, 7) is 0.558. The monoisotopic (exact) mass is 405 g/mol. The van der Waals surface area contributed by atoms with E-state index in [0.29, 0.717) is 36.2 Å². The molecule has 1 unspecified atom stereocenters. The molecule has 1 atom stereocenters. The molecule has 7 heteroatoms. The lowest BCUT2D eigenvalue weighted by Gasteiger charge is -2.17. The highest BCUT2D eigenvalue weighted by molar-refractivity contribution is 5.96. The number of aromatic nitrogens is 2. The second kappa shape index (κ2) is 7.48. The van der Waals surface area contributed by atoms with Gasteiger partial charge in [-0.05, 0) is 60.7 Å². The summed E-state index contributed by atoms with van der Waals surface area (Å²) in [5, 5.41) is 4.16. The van der Waals surface area contributed by atoms with Crippen LogP contribution in [0.2, 0.25) is 0 Å². The van der Waals surface area contributed by atoms with E-state index < -0.39 is 0 Å². The number of rotatable bonds is 5. The average Bonchev–Trinajstić information content (AvgIpc) is 3.51. The maximum absolute atomic E-state index is 12.7. The third-order valence-electron chi connectivity index (χ3n) is 5.96. The van der Waals surface area contributed by atoms with E-state index in [1.807, 2.05) is 11.0 Å². The summed E-state index contributed by atoms with van der Waals surface area (Å²) in [6.07, 6.45) is 3.79. The maximum Gasteiger partial charge on any atom is 0.258 e. The van der Waals surface area contributed by atoms with Crippen LogP contribution in [0.3, 0.4) is 0 Å². The van der Waals surface area contributed by atoms with Crippen LogP contribution in [-0.4, -0.2) is 36.8 Å². The van der Waals surface area contributed by atoms with Gasteiger partial charge in [0.15, 0.2) is 17.3 Å². The molecule has 0 radical (unpaired) electrons. The number of nitrogens with zero attached hydrogens (tertiary/aromatic N) is 3. The Morgan fingerprint density at radius 3 is 2.70 bits per heavy atom. The van der Waals surface area contributed by atoms with Gasteiger partial charge < -0.3 is 18.9 Å². The van der Waals surface area contributed by atoms with Gasteiger partial charge in [-0.1, -0.05) is 11.2 Å². The van der Waals surface area contributed by atoms with Crippen LogP contribution in [0, 0.1) is 0 Å². The van der Waals surface area contributed by atoms with E-state index in [2.05, 4.69) is 28.3 Å². The lowest BCUT2D eigenvalue weighted by Crippen LogP contribution is -2.24. The van der Waals surface area contributed by atoms with Crippen molar-refractivity contribution in [3.63, 3.8) is 0 Å². The summed E-state index contributed by atoms with van der Waals surface area (Å²) >= 11 is 0. The van der Waals surface area contributed by atoms with Crippen LogP contribution in [0.1, 0.15) is 35.7 Å². The molecule has 0 bridgehead atoms. The van der Waals surface area contributed by atoms with E-state index >= 15 is 0 Å². The van der Waals surface area contributed by atoms with Gasteiger partial charge in [-0.3, -0.25) is 4.79 Å². The maximum atomic E-state index is 12.7. The number of anilines is 1. The molecule has 0 N–H and O–H groups in total. The summed E-state index contributed by atoms with van der Waals surface area (Å²) in [5.74, 6) is 2.17. The highest BCUT2D eigenvalue weighted by atomic mass is 16.5. The predicted octanol–water partition coefficient (Wildman–Crippen LogP) is 3.76. The smallest absolute Gasteiger partial charge is 0.258 e. The molecule has 1 fully saturated rings. The van der Waals surface area contributed by atoms with E-state index in [-0.39, 0.29) is 11.8 Å². The summed E-state index contributed by atoms with van der Waals surface area (Å²) in [7, 11) is 3.17. The molecule has 154 valence electrons. The molecule has 7 nitrogen and oxygen atoms in total. The van der Waals surface area contributed by atoms with Crippen molar-refractivity contribution < 1.29 is 18.8 Å². The van der Waals surface area contributed by atoms with E-state index in [1.165, 1.54) is 17.5 Å². The number of methoxy groups -OCH3 is 2. The number of hydrogen-bond acceptors (Lipinski definition) is 6. The van der Waals surface area contributed by atoms with Crippen molar-refractivity contribution >= 4 is 11.6 Å². The van der Waals surface area contributed by atoms with Crippen molar-refractivity contribution in [2.75, 3.05) is 25.7 Å². The second-order valence-corrected chi connectivity index (χ2v) is 7.74. The summed E-state index contributed by atoms with van der Waals surface area (Å²) in [5.41, 5.74) is 4.47. The van der Waals surface area contributed by atoms with Gasteiger partial charge in [0.2, 0.25) is 5.91 Å². The molecular weight excluding hydrogens is 382 g/mol. The van der Waals surface area contributed by atoms with Crippen molar-refractivity contribution in [1.82, 2.24) is 10.1 Å². The molecule has 1 saturated heterocycles. The quantitative estimate of drug-likeness (QED) is 0.643. The summed E-state index contributed by atoms with van der Waals surface area (Å²) in [6, 6.07) is 11.8. The Morgan fingerprint density at radius 1 is 1.03 bits per heavy atom. The first-order valence-corrected chi connectivity index (χ1v) is 10.1. The minimum Gasteiger partial charge on any atom is -0.493 e. The van der Waals surface area contributed by atoms with Crippen molar-refractivity contribution in [2.24, 2.45) is 0 Å². The number of aryl methyl sites for hydroxylation is 2. The van der Waals surface area contributed by atoms with Gasteiger partial charge >= 0.3 is 0 Å². The minimum atomic E-state index is -0.0941. The van der Waals surface area contributed by atoms with E-state index in [1.54, 1.807) is 26.4 Å². The predicted molar refractivity (Wildman–Crippen MR) is 111 cm³/mol. The molecular formula is C23H23N3O4. The molecule has 2 aromatic carbocycles. The Hall–Kier alpha value is -3.35. The Bertz CT molecular complexity index is 1110. The fourth-order valence-electron chi connectivity index (χ4n) is 4.34. The van der Waals surface area contributed by atoms with E-state index in [4.69, 9.17) is 14.0 Å². The molecule has 1 aliphatic heterocycles. The van der Waals surface area contributed by atoms with Crippen LogP contribution in [-0.2, 0) is 17.6 Å². The summed E-state index contributed by atoms with van der Waals surface area (Å²) < 4.78 is 16.1. The van der Waals surface area contributed by atoms with Crippen LogP contribution in [0.25, 0.3) is 11.5 Å². The second-order valence-electron chi connectivity index (χ2n) is 7.74. The molecule has 1 aromatic heterocycles. The van der Waals surface area contributed by atoms with Crippen LogP contribution in [0.5, 0.6) is 11.5 Å². The number of amides is 1. The van der Waals surface area contributed by atoms with Gasteiger partial charge in [-0.15, -0.1) is 0 Å². The van der Waals surface area contributed by atoms with Crippen LogP contribution in [0.4, 0.5) is 5.69 Å². The SMILES string of the molecule is COc1ccc(-c2nc(C3CC(=O)N(c4ccc5c(c4)CCC5)C3)no2)cc1OC. The number of benzene rings is 2. The molecule has 0 spiro atoms. The van der Waals surface area contributed by atoms with Gasteiger partial charge in [-0.2, -0.15) is 4.98 Å². The molecule has 1 aliphatic carbocycles. The Kier molecular flexibility index (Phi) is 4.65. The Morgan fingerprint density at radius 2 is 1.87 bits per heavy atom. The zero-order chi connectivity index (χ0) is 20.7. The van der Waals surface area contributed by atoms with Gasteiger partial charge in [0.25, 0.3) is 5.89 Å². The zero-order valence-corrected chi connectivity index (χ0v) is 17.1. The first-order valence-electron chi connectivity index (χ1n) is 10.1. The molecule has 30 heavy (non-hydrogen) atoms. The van der Waals surface area contributed by atoms with E-state index in [9.17, 15) is 4.79 Å². The zero-order valence-electron chi connectivity index (χ0n) is 17.1. The van der Waals surface area contributed by atoms with Crippen molar-refractivity contribution in [3.05, 3.63) is 53.3 Å². The number of fused-ring (bicyclic) bond motifs is 1. The largest absolute Gasteiger partial charge is 0.493 e. The standard InChI is InChI=1S/C23H23N3O4/c1-28-19-9-7-16(11-20(19)29-2)23-24-22(25-30-23)17-12-21(27)26(13-17)18-8-6-14-4-3-5-15(14)10-18/h6-11,17H,3-5,12-13H2,1-2H3. The Labute approximate surface area is 174 Å². The lowest BCUT2D eigenvalue weighted by molar-refractivity contribution is -0.117. The van der Waals surface area contributed by atoms with Crippen LogP contribution >= 0.6 is 0 Å². The van der Waals surface area contributed by atoms with Crippen LogP contribution < -0.4 is 14.4 Å². The number of ether oxygens (including phenoxy) is 2. The fourth-order valence-corrected chi connectivity index (χ4v) is 4.34. The first-order chi connectivity index (χ1) is 14.7. The lowest BCUT2D eigenvalue weighted by atomic mass is 10.1. The molecule has 1 amide bonds. The third kappa shape index (κ3) is 3.20. The topological polar surface area (TPSA) is 77.7 Å². The van der Waals surface area contributed by atoms with Gasteiger partial charge in [-0.25, -0.2) is 0 Å². The molecule has 2 aliphatic rings. The number of hydrogen-bond donors (Lipinski definition) is 0. The highest BCUT2D eigenvalue weighted by Gasteiger charge is 2.35. The summed E-state index contributed by atoms with van der Waals surface area (Å²) in [4.78, 5) is 19.1. The van der Waals surface area contributed by atoms with Gasteiger partial charge in [0, 0.05) is 30.1 Å². The first kappa shape index (κ1) is 18.7. The van der Waals surface area contributed by atoms with E-state index in [0.717, 1.165) is 24.1 Å². The number of carbonyl (C=O) groups excluding carboxylic acids is 1. The van der Waals surface area contributed by atoms with Crippen molar-refractivity contribution in [2.45, 2.75) is 31.6 Å². The van der Waals surface area contributed by atoms with Crippen molar-refractivity contribution in [1.29, 1.82) is 0 Å². The Balaban J connectivity index is 1.36. The normalized spacial score (nSPS) is 18.0.